The number of hydrogen-bond acceptors (Lipinski definition) is 8. The molecule has 2 atom stereocenters. The lowest BCUT2D eigenvalue weighted by molar-refractivity contribution is 0.102. The summed E-state index contributed by atoms with van der Waals surface area (Å²) in [6, 6.07) is 7.32. The monoisotopic (exact) mass is 499 g/mol. The third kappa shape index (κ3) is 4.30. The fourth-order valence-corrected chi connectivity index (χ4v) is 5.01. The zero-order chi connectivity index (χ0) is 25.5. The van der Waals surface area contributed by atoms with Gasteiger partial charge in [-0.05, 0) is 41.0 Å². The molecule has 2 unspecified atom stereocenters. The maximum Gasteiger partial charge on any atom is 0.274 e. The van der Waals surface area contributed by atoms with Crippen LogP contribution in [-0.4, -0.2) is 61.4 Å². The van der Waals surface area contributed by atoms with Gasteiger partial charge in [0.05, 0.1) is 47.4 Å². The zero-order valence-corrected chi connectivity index (χ0v) is 21.1. The number of carbonyl (C=O) groups is 1. The molecule has 4 heterocycles. The van der Waals surface area contributed by atoms with Crippen molar-refractivity contribution in [2.75, 3.05) is 30.9 Å². The maximum atomic E-state index is 13.4. The predicted octanol–water partition coefficient (Wildman–Crippen LogP) is 3.54. The van der Waals surface area contributed by atoms with Crippen molar-refractivity contribution < 1.29 is 9.53 Å². The number of rotatable bonds is 7. The van der Waals surface area contributed by atoms with E-state index in [4.69, 9.17) is 4.74 Å². The molecule has 3 aromatic heterocycles. The summed E-state index contributed by atoms with van der Waals surface area (Å²) in [5.41, 5.74) is 4.41. The highest BCUT2D eigenvalue weighted by Crippen LogP contribution is 2.49. The largest absolute Gasteiger partial charge is 0.489 e. The Morgan fingerprint density at radius 3 is 3.00 bits per heavy atom. The molecule has 0 saturated heterocycles. The van der Waals surface area contributed by atoms with Crippen LogP contribution in [0.25, 0.3) is 17.1 Å². The van der Waals surface area contributed by atoms with Crippen molar-refractivity contribution in [1.29, 1.82) is 0 Å². The average molecular weight is 500 g/mol. The number of hydrogen-bond donors (Lipinski definition) is 1. The number of pyridine rings is 1. The van der Waals surface area contributed by atoms with Crippen LogP contribution in [-0.2, 0) is 6.54 Å². The summed E-state index contributed by atoms with van der Waals surface area (Å²) in [5, 5.41) is 14.9. The number of para-hydroxylation sites is 1. The first-order valence-electron chi connectivity index (χ1n) is 12.6. The minimum Gasteiger partial charge on any atom is -0.489 e. The lowest BCUT2D eigenvalue weighted by Gasteiger charge is -2.18. The van der Waals surface area contributed by atoms with Gasteiger partial charge in [0.25, 0.3) is 5.91 Å². The van der Waals surface area contributed by atoms with Crippen molar-refractivity contribution in [3.8, 4) is 22.8 Å². The smallest absolute Gasteiger partial charge is 0.274 e. The SMILES string of the molecule is CCCC1CC1c1cn(-c2cc(C(=O)Nc3cccc4c3OCCn3nnnc3-4)ncc2N(C)C)cn1. The molecule has 1 aliphatic carbocycles. The molecule has 1 amide bonds. The molecule has 1 saturated carbocycles. The van der Waals surface area contributed by atoms with E-state index in [0.29, 0.717) is 42.0 Å². The molecule has 190 valence electrons. The minimum atomic E-state index is -0.335. The topological polar surface area (TPSA) is 116 Å². The van der Waals surface area contributed by atoms with Crippen LogP contribution in [0.1, 0.15) is 48.3 Å². The first-order valence-corrected chi connectivity index (χ1v) is 12.6. The number of anilines is 2. The molecular formula is C26H29N9O2. The number of amides is 1. The molecule has 11 heteroatoms. The number of tetrazole rings is 1. The standard InChI is InChI=1S/C26H29N9O2/c1-4-6-16-11-18(16)21-14-34(15-28-21)22-12-20(27-13-23(22)33(2)3)26(36)29-19-8-5-7-17-24(19)37-10-9-35-25(17)30-31-32-35/h5,7-8,12-16,18H,4,6,9-11H2,1-3H3,(H,29,36). The lowest BCUT2D eigenvalue weighted by Crippen LogP contribution is -2.18. The van der Waals surface area contributed by atoms with E-state index in [2.05, 4.69) is 43.9 Å². The molecule has 0 spiro atoms. The van der Waals surface area contributed by atoms with Gasteiger partial charge >= 0.3 is 0 Å². The Bertz CT molecular complexity index is 1460. The fourth-order valence-electron chi connectivity index (χ4n) is 5.01. The number of imidazole rings is 1. The van der Waals surface area contributed by atoms with Gasteiger partial charge in [-0.1, -0.05) is 25.8 Å². The minimum absolute atomic E-state index is 0.294. The number of fused-ring (bicyclic) bond motifs is 3. The second-order valence-corrected chi connectivity index (χ2v) is 9.76. The molecule has 0 radical (unpaired) electrons. The number of ether oxygens (including phenoxy) is 1. The summed E-state index contributed by atoms with van der Waals surface area (Å²) in [6.45, 7) is 3.14. The Hall–Kier alpha value is -4.28. The van der Waals surface area contributed by atoms with E-state index in [0.717, 1.165) is 28.6 Å². The van der Waals surface area contributed by atoms with E-state index < -0.39 is 0 Å². The highest BCUT2D eigenvalue weighted by atomic mass is 16.5. The van der Waals surface area contributed by atoms with Gasteiger partial charge in [-0.2, -0.15) is 0 Å². The van der Waals surface area contributed by atoms with Crippen LogP contribution in [0.2, 0.25) is 0 Å². The van der Waals surface area contributed by atoms with Gasteiger partial charge < -0.3 is 19.5 Å². The van der Waals surface area contributed by atoms with Crippen LogP contribution in [0.4, 0.5) is 11.4 Å². The van der Waals surface area contributed by atoms with Gasteiger partial charge in [0, 0.05) is 26.2 Å². The van der Waals surface area contributed by atoms with Crippen molar-refractivity contribution in [2.24, 2.45) is 5.92 Å². The van der Waals surface area contributed by atoms with Crippen LogP contribution in [0.5, 0.6) is 5.75 Å². The number of nitrogens with one attached hydrogen (secondary N) is 1. The lowest BCUT2D eigenvalue weighted by atomic mass is 10.1. The maximum absolute atomic E-state index is 13.4. The van der Waals surface area contributed by atoms with Gasteiger partial charge in [-0.15, -0.1) is 5.10 Å². The Morgan fingerprint density at radius 2 is 2.16 bits per heavy atom. The highest BCUT2D eigenvalue weighted by molar-refractivity contribution is 6.05. The summed E-state index contributed by atoms with van der Waals surface area (Å²) in [7, 11) is 3.92. The molecule has 4 aromatic rings. The fraction of sp³-hybridized carbons (Fsp3) is 0.385. The van der Waals surface area contributed by atoms with E-state index >= 15 is 0 Å². The van der Waals surface area contributed by atoms with E-state index in [1.54, 1.807) is 23.0 Å². The average Bonchev–Trinajstić information content (AvgIpc) is 3.31. The summed E-state index contributed by atoms with van der Waals surface area (Å²) < 4.78 is 9.65. The Balaban J connectivity index is 1.29. The van der Waals surface area contributed by atoms with Crippen molar-refractivity contribution in [3.63, 3.8) is 0 Å². The van der Waals surface area contributed by atoms with Crippen LogP contribution < -0.4 is 15.0 Å². The molecule has 1 N–H and O–H groups in total. The van der Waals surface area contributed by atoms with Gasteiger partial charge in [0.1, 0.15) is 12.3 Å². The summed E-state index contributed by atoms with van der Waals surface area (Å²) >= 11 is 0. The molecular weight excluding hydrogens is 470 g/mol. The zero-order valence-electron chi connectivity index (χ0n) is 21.1. The predicted molar refractivity (Wildman–Crippen MR) is 138 cm³/mol. The Morgan fingerprint density at radius 1 is 1.27 bits per heavy atom. The van der Waals surface area contributed by atoms with Crippen molar-refractivity contribution in [2.45, 2.75) is 38.6 Å². The van der Waals surface area contributed by atoms with Crippen LogP contribution in [0.3, 0.4) is 0 Å². The first-order chi connectivity index (χ1) is 18.0. The molecule has 1 aliphatic heterocycles. The molecule has 0 bridgehead atoms. The normalized spacial score (nSPS) is 17.8. The Kier molecular flexibility index (Phi) is 5.82. The van der Waals surface area contributed by atoms with Crippen LogP contribution >= 0.6 is 0 Å². The number of carbonyl (C=O) groups excluding carboxylic acids is 1. The third-order valence-corrected chi connectivity index (χ3v) is 7.00. The van der Waals surface area contributed by atoms with Gasteiger partial charge in [0.2, 0.25) is 0 Å². The summed E-state index contributed by atoms with van der Waals surface area (Å²) in [5.74, 6) is 2.07. The molecule has 11 nitrogen and oxygen atoms in total. The molecule has 1 aromatic carbocycles. The van der Waals surface area contributed by atoms with E-state index in [1.165, 1.54) is 19.3 Å². The van der Waals surface area contributed by atoms with Crippen molar-refractivity contribution in [3.05, 3.63) is 54.4 Å². The van der Waals surface area contributed by atoms with Gasteiger partial charge in [-0.3, -0.25) is 4.79 Å². The molecule has 2 aliphatic rings. The highest BCUT2D eigenvalue weighted by Gasteiger charge is 2.39. The summed E-state index contributed by atoms with van der Waals surface area (Å²) in [4.78, 5) is 24.5. The molecule has 37 heavy (non-hydrogen) atoms. The quantitative estimate of drug-likeness (QED) is 0.411. The number of benzene rings is 1. The van der Waals surface area contributed by atoms with Crippen molar-refractivity contribution >= 4 is 17.3 Å². The summed E-state index contributed by atoms with van der Waals surface area (Å²) in [6.07, 6.45) is 9.27. The Labute approximate surface area is 214 Å². The molecule has 6 rings (SSSR count). The van der Waals surface area contributed by atoms with Crippen LogP contribution in [0.15, 0.2) is 43.0 Å². The van der Waals surface area contributed by atoms with Crippen molar-refractivity contribution in [1.82, 2.24) is 34.7 Å². The van der Waals surface area contributed by atoms with E-state index in [9.17, 15) is 4.79 Å². The third-order valence-electron chi connectivity index (χ3n) is 7.00. The second kappa shape index (κ2) is 9.30. The van der Waals surface area contributed by atoms with E-state index in [-0.39, 0.29) is 5.91 Å². The number of aromatic nitrogens is 7. The van der Waals surface area contributed by atoms with E-state index in [1.807, 2.05) is 42.0 Å². The van der Waals surface area contributed by atoms with Gasteiger partial charge in [0.15, 0.2) is 11.6 Å². The molecule has 1 fully saturated rings. The van der Waals surface area contributed by atoms with Gasteiger partial charge in [-0.25, -0.2) is 14.6 Å². The second-order valence-electron chi connectivity index (χ2n) is 9.76. The first kappa shape index (κ1) is 23.1. The number of nitrogens with zero attached hydrogens (tertiary/aromatic N) is 8. The van der Waals surface area contributed by atoms with Crippen LogP contribution in [0, 0.1) is 5.92 Å².